The molecule has 11 nitrogen and oxygen atoms in total. The Morgan fingerprint density at radius 2 is 1.74 bits per heavy atom. The first kappa shape index (κ1) is 30.3. The number of carboxylic acid groups (broad SMARTS) is 1. The lowest BCUT2D eigenvalue weighted by atomic mass is 9.39. The molecule has 0 saturated heterocycles. The fraction of sp³-hybridized carbons (Fsp3) is 0.360. The van der Waals surface area contributed by atoms with Gasteiger partial charge in [-0.3, -0.25) is 4.40 Å². The number of anilines is 1. The smallest absolute Gasteiger partial charge is 0.475 e. The van der Waals surface area contributed by atoms with Gasteiger partial charge in [0.25, 0.3) is 0 Å². The highest BCUT2D eigenvalue weighted by Gasteiger charge is 2.71. The summed E-state index contributed by atoms with van der Waals surface area (Å²) in [5.74, 6) is -2.17. The third-order valence-corrected chi connectivity index (χ3v) is 9.10. The van der Waals surface area contributed by atoms with E-state index in [0.29, 0.717) is 30.4 Å². The quantitative estimate of drug-likeness (QED) is 0.281. The largest absolute Gasteiger partial charge is 0.490 e. The molecule has 43 heavy (non-hydrogen) atoms. The van der Waals surface area contributed by atoms with Crippen LogP contribution in [0.25, 0.3) is 16.9 Å². The third-order valence-electron chi connectivity index (χ3n) is 7.52. The van der Waals surface area contributed by atoms with Crippen LogP contribution in [-0.2, 0) is 33.5 Å². The summed E-state index contributed by atoms with van der Waals surface area (Å²) in [7, 11) is -1.97. The van der Waals surface area contributed by atoms with Gasteiger partial charge in [0, 0.05) is 42.2 Å². The van der Waals surface area contributed by atoms with Gasteiger partial charge in [0.05, 0.1) is 16.8 Å². The number of imidazole rings is 2. The van der Waals surface area contributed by atoms with Crippen LogP contribution in [-0.4, -0.2) is 55.1 Å². The average Bonchev–Trinajstić information content (AvgIpc) is 3.46. The van der Waals surface area contributed by atoms with Crippen molar-refractivity contribution in [3.8, 4) is 11.3 Å². The number of carboxylic acids is 1. The number of benzene rings is 1. The fourth-order valence-corrected chi connectivity index (χ4v) is 7.17. The molecule has 1 aromatic carbocycles. The van der Waals surface area contributed by atoms with Crippen molar-refractivity contribution >= 4 is 27.5 Å². The van der Waals surface area contributed by atoms with Crippen LogP contribution in [0.5, 0.6) is 0 Å². The van der Waals surface area contributed by atoms with Gasteiger partial charge in [-0.15, -0.1) is 0 Å². The van der Waals surface area contributed by atoms with E-state index in [1.807, 2.05) is 17.8 Å². The number of nitrogens with one attached hydrogen (secondary N) is 1. The second kappa shape index (κ2) is 9.66. The van der Waals surface area contributed by atoms with Crippen molar-refractivity contribution in [2.45, 2.75) is 54.4 Å². The van der Waals surface area contributed by atoms with E-state index < -0.39 is 39.6 Å². The Hall–Kier alpha value is -4.19. The van der Waals surface area contributed by atoms with E-state index in [1.54, 1.807) is 19.2 Å². The molecule has 3 fully saturated rings. The zero-order valence-electron chi connectivity index (χ0n) is 22.3. The Morgan fingerprint density at radius 3 is 2.28 bits per heavy atom. The van der Waals surface area contributed by atoms with Crippen LogP contribution in [0.15, 0.2) is 47.9 Å². The minimum atomic E-state index is -5.08. The second-order valence-corrected chi connectivity index (χ2v) is 12.4. The number of sulfonamides is 1. The zero-order valence-corrected chi connectivity index (χ0v) is 23.1. The van der Waals surface area contributed by atoms with E-state index in [0.717, 1.165) is 12.0 Å². The third kappa shape index (κ3) is 5.28. The lowest BCUT2D eigenvalue weighted by Gasteiger charge is -2.69. The van der Waals surface area contributed by atoms with Crippen LogP contribution in [0.3, 0.4) is 0 Å². The first-order valence-corrected chi connectivity index (χ1v) is 13.9. The first-order valence-electron chi connectivity index (χ1n) is 12.4. The Kier molecular flexibility index (Phi) is 6.80. The summed E-state index contributed by atoms with van der Waals surface area (Å²) in [5, 5.41) is 7.12. The molecule has 0 radical (unpaired) electrons. The van der Waals surface area contributed by atoms with Crippen LogP contribution in [0.2, 0.25) is 0 Å². The van der Waals surface area contributed by atoms with E-state index in [1.165, 1.54) is 22.7 Å². The molecule has 3 aromatic heterocycles. The molecule has 0 spiro atoms. The van der Waals surface area contributed by atoms with Crippen LogP contribution in [0.4, 0.5) is 32.2 Å². The molecule has 3 heterocycles. The molecule has 0 atom stereocenters. The van der Waals surface area contributed by atoms with Gasteiger partial charge in [0.15, 0.2) is 17.2 Å². The summed E-state index contributed by atoms with van der Waals surface area (Å²) in [6.45, 7) is 1.74. The number of hydrogen-bond acceptors (Lipinski definition) is 7. The van der Waals surface area contributed by atoms with Gasteiger partial charge >= 0.3 is 18.3 Å². The highest BCUT2D eigenvalue weighted by molar-refractivity contribution is 7.89. The highest BCUT2D eigenvalue weighted by Crippen LogP contribution is 2.67. The van der Waals surface area contributed by atoms with Gasteiger partial charge in [-0.2, -0.15) is 26.3 Å². The van der Waals surface area contributed by atoms with Crippen molar-refractivity contribution < 1.29 is 44.7 Å². The van der Waals surface area contributed by atoms with Crippen LogP contribution < -0.4 is 10.5 Å². The number of aliphatic carboxylic acids is 1. The van der Waals surface area contributed by atoms with Crippen molar-refractivity contribution in [3.05, 3.63) is 60.1 Å². The molecular weight excluding hydrogens is 608 g/mol. The normalized spacial score (nSPS) is 21.5. The van der Waals surface area contributed by atoms with Gasteiger partial charge in [0.2, 0.25) is 10.0 Å². The van der Waals surface area contributed by atoms with Crippen LogP contribution in [0, 0.1) is 6.92 Å². The summed E-state index contributed by atoms with van der Waals surface area (Å²) < 4.78 is 104. The molecule has 0 unspecified atom stereocenters. The number of halogens is 6. The number of alkyl halides is 6. The van der Waals surface area contributed by atoms with Gasteiger partial charge in [0.1, 0.15) is 5.82 Å². The highest BCUT2D eigenvalue weighted by atomic mass is 32.2. The number of hydrogen-bond donors (Lipinski definition) is 3. The Bertz CT molecular complexity index is 1840. The monoisotopic (exact) mass is 631 g/mol. The van der Waals surface area contributed by atoms with Crippen molar-refractivity contribution in [3.63, 3.8) is 0 Å². The zero-order chi connectivity index (χ0) is 31.8. The number of nitrogens with zero attached hydrogens (tertiary/aromatic N) is 5. The average molecular weight is 632 g/mol. The summed E-state index contributed by atoms with van der Waals surface area (Å²) >= 11 is 0. The second-order valence-electron chi connectivity index (χ2n) is 10.7. The topological polar surface area (TPSA) is 157 Å². The number of nitrogen functional groups attached to an aromatic ring is 1. The molecule has 0 amide bonds. The van der Waals surface area contributed by atoms with Crippen molar-refractivity contribution in [1.29, 1.82) is 0 Å². The number of aryl methyl sites for hydroxylation is 2. The number of fused-ring (bicyclic) bond motifs is 1. The van der Waals surface area contributed by atoms with Crippen molar-refractivity contribution in [2.75, 3.05) is 5.73 Å². The Morgan fingerprint density at radius 1 is 1.12 bits per heavy atom. The number of aromatic nitrogens is 5. The van der Waals surface area contributed by atoms with Gasteiger partial charge in [-0.05, 0) is 43.9 Å². The maximum absolute atomic E-state index is 13.3. The summed E-state index contributed by atoms with van der Waals surface area (Å²) in [6, 6.07) is 4.56. The van der Waals surface area contributed by atoms with Crippen LogP contribution in [0.1, 0.15) is 36.3 Å². The lowest BCUT2D eigenvalue weighted by Crippen LogP contribution is -2.77. The molecule has 3 aliphatic carbocycles. The molecule has 18 heteroatoms. The maximum atomic E-state index is 13.3. The molecule has 2 bridgehead atoms. The maximum Gasteiger partial charge on any atom is 0.490 e. The van der Waals surface area contributed by atoms with E-state index in [2.05, 4.69) is 19.7 Å². The van der Waals surface area contributed by atoms with Gasteiger partial charge < -0.3 is 15.4 Å². The number of nitrogens with two attached hydrogens (primary N) is 1. The molecule has 0 aliphatic heterocycles. The minimum Gasteiger partial charge on any atom is -0.475 e. The van der Waals surface area contributed by atoms with Crippen LogP contribution >= 0.6 is 0 Å². The molecule has 3 saturated carbocycles. The SMILES string of the molecule is Cc1ccc(S(=O)(=O)NC23CC(c4nccn4C)(C2)C3)cc1-c1cnc2c(N)nc(C(F)(F)F)cn12.O=C(O)C(F)(F)F. The summed E-state index contributed by atoms with van der Waals surface area (Å²) in [6.07, 6.45) is -2.00. The number of carbonyl (C=O) groups is 1. The summed E-state index contributed by atoms with van der Waals surface area (Å²) in [5.41, 5.74) is 5.37. The molecular formula is C25H23F6N7O4S. The molecule has 4 aromatic rings. The minimum absolute atomic E-state index is 0.0203. The Labute approximate surface area is 239 Å². The molecule has 4 N–H and O–H groups in total. The lowest BCUT2D eigenvalue weighted by molar-refractivity contribution is -0.192. The molecule has 7 rings (SSSR count). The Balaban J connectivity index is 0.000000472. The van der Waals surface area contributed by atoms with Crippen molar-refractivity contribution in [1.82, 2.24) is 28.6 Å². The van der Waals surface area contributed by atoms with E-state index in [9.17, 15) is 34.8 Å². The van der Waals surface area contributed by atoms with E-state index in [4.69, 9.17) is 15.6 Å². The number of rotatable bonds is 5. The van der Waals surface area contributed by atoms with Gasteiger partial charge in [-0.1, -0.05) is 6.07 Å². The first-order chi connectivity index (χ1) is 19.8. The van der Waals surface area contributed by atoms with E-state index >= 15 is 0 Å². The molecule has 230 valence electrons. The van der Waals surface area contributed by atoms with Gasteiger partial charge in [-0.25, -0.2) is 32.9 Å². The molecule has 3 aliphatic rings. The standard InChI is InChI=1S/C23H22F3N7O2S.C2HF3O2/c1-13-3-4-14(36(34,35)31-22-10-21(11-22,12-22)20-28-5-6-32(20)2)7-15(13)16-8-29-19-18(27)30-17(9-33(16)19)23(24,25)26;3-2(4,5)1(6)7/h3-9,31H,10-12H2,1-2H3,(H2,27,30);(H,6,7). The predicted octanol–water partition coefficient (Wildman–Crippen LogP) is 3.83. The predicted molar refractivity (Wildman–Crippen MR) is 138 cm³/mol. The van der Waals surface area contributed by atoms with Crippen molar-refractivity contribution in [2.24, 2.45) is 7.05 Å². The fourth-order valence-electron chi connectivity index (χ4n) is 5.75. The summed E-state index contributed by atoms with van der Waals surface area (Å²) in [4.78, 5) is 20.9. The van der Waals surface area contributed by atoms with E-state index in [-0.39, 0.29) is 27.5 Å².